The van der Waals surface area contributed by atoms with Crippen LogP contribution in [-0.2, 0) is 16.1 Å². The van der Waals surface area contributed by atoms with Gasteiger partial charge in [-0.2, -0.15) is 0 Å². The number of hydrogen-bond donors (Lipinski definition) is 1. The molecular formula is C24H28N2O2S2. The number of amides is 1. The molecule has 30 heavy (non-hydrogen) atoms. The molecule has 4 nitrogen and oxygen atoms in total. The summed E-state index contributed by atoms with van der Waals surface area (Å²) < 4.78 is 5.84. The molecule has 1 saturated heterocycles. The fourth-order valence-electron chi connectivity index (χ4n) is 3.83. The molecule has 2 atom stereocenters. The molecule has 158 valence electrons. The highest BCUT2D eigenvalue weighted by molar-refractivity contribution is 7.10. The van der Waals surface area contributed by atoms with Gasteiger partial charge in [0.2, 0.25) is 5.91 Å². The first-order valence-electron chi connectivity index (χ1n) is 10.4. The lowest BCUT2D eigenvalue weighted by molar-refractivity contribution is -0.123. The summed E-state index contributed by atoms with van der Waals surface area (Å²) in [5.74, 6) is 0.0449. The molecule has 1 aliphatic heterocycles. The van der Waals surface area contributed by atoms with Gasteiger partial charge in [0.05, 0.1) is 18.7 Å². The topological polar surface area (TPSA) is 41.6 Å². The molecule has 1 N–H and O–H groups in total. The van der Waals surface area contributed by atoms with Crippen LogP contribution < -0.4 is 5.32 Å². The molecule has 0 saturated carbocycles. The van der Waals surface area contributed by atoms with Gasteiger partial charge < -0.3 is 10.1 Å². The van der Waals surface area contributed by atoms with Gasteiger partial charge in [0.25, 0.3) is 0 Å². The Morgan fingerprint density at radius 1 is 1.17 bits per heavy atom. The van der Waals surface area contributed by atoms with Crippen molar-refractivity contribution in [2.45, 2.75) is 38.5 Å². The summed E-state index contributed by atoms with van der Waals surface area (Å²) >= 11 is 3.41. The number of thiophene rings is 2. The number of nitrogens with one attached hydrogen (secondary N) is 1. The fourth-order valence-corrected chi connectivity index (χ4v) is 5.38. The predicted octanol–water partition coefficient (Wildman–Crippen LogP) is 5.00. The first-order valence-corrected chi connectivity index (χ1v) is 12.2. The minimum Gasteiger partial charge on any atom is -0.377 e. The maximum absolute atomic E-state index is 13.1. The SMILES string of the molecule is Cc1ccc([C@H](NC(=O)CN(Cc2cccs2)C[C@@H]2CCCO2)c2cccs2)cc1. The van der Waals surface area contributed by atoms with Gasteiger partial charge in [-0.25, -0.2) is 0 Å². The average molecular weight is 441 g/mol. The molecule has 4 rings (SSSR count). The van der Waals surface area contributed by atoms with Gasteiger partial charge >= 0.3 is 0 Å². The summed E-state index contributed by atoms with van der Waals surface area (Å²) in [7, 11) is 0. The summed E-state index contributed by atoms with van der Waals surface area (Å²) in [6, 6.07) is 16.6. The van der Waals surface area contributed by atoms with Gasteiger partial charge in [0, 0.05) is 29.5 Å². The Morgan fingerprint density at radius 2 is 1.97 bits per heavy atom. The molecule has 6 heteroatoms. The maximum Gasteiger partial charge on any atom is 0.234 e. The monoisotopic (exact) mass is 440 g/mol. The third-order valence-electron chi connectivity index (χ3n) is 5.36. The van der Waals surface area contributed by atoms with E-state index in [1.165, 1.54) is 10.4 Å². The van der Waals surface area contributed by atoms with E-state index in [0.29, 0.717) is 6.54 Å². The van der Waals surface area contributed by atoms with Crippen molar-refractivity contribution < 1.29 is 9.53 Å². The quantitative estimate of drug-likeness (QED) is 0.509. The maximum atomic E-state index is 13.1. The molecule has 3 heterocycles. The van der Waals surface area contributed by atoms with E-state index >= 15 is 0 Å². The normalized spacial score (nSPS) is 17.3. The van der Waals surface area contributed by atoms with Crippen LogP contribution in [0.4, 0.5) is 0 Å². The highest BCUT2D eigenvalue weighted by atomic mass is 32.1. The van der Waals surface area contributed by atoms with Crippen LogP contribution >= 0.6 is 22.7 Å². The van der Waals surface area contributed by atoms with E-state index in [-0.39, 0.29) is 18.1 Å². The second-order valence-corrected chi connectivity index (χ2v) is 9.82. The van der Waals surface area contributed by atoms with Crippen LogP contribution in [0.5, 0.6) is 0 Å². The standard InChI is InChI=1S/C24H28N2O2S2/c1-18-8-10-19(11-9-18)24(22-7-4-14-30-22)25-23(27)17-26(15-20-5-2-12-28-20)16-21-6-3-13-29-21/h3-4,6-11,13-14,20,24H,2,5,12,15-17H2,1H3,(H,25,27)/t20-,24-/m0/s1. The third kappa shape index (κ3) is 5.79. The van der Waals surface area contributed by atoms with Gasteiger partial charge in [-0.3, -0.25) is 9.69 Å². The number of nitrogens with zero attached hydrogens (tertiary/aromatic N) is 1. The zero-order valence-corrected chi connectivity index (χ0v) is 18.9. The van der Waals surface area contributed by atoms with E-state index in [1.54, 1.807) is 22.7 Å². The lowest BCUT2D eigenvalue weighted by Gasteiger charge is -2.26. The Labute approximate surface area is 186 Å². The third-order valence-corrected chi connectivity index (χ3v) is 7.15. The van der Waals surface area contributed by atoms with Gasteiger partial charge in [-0.05, 0) is 48.2 Å². The van der Waals surface area contributed by atoms with E-state index < -0.39 is 0 Å². The van der Waals surface area contributed by atoms with Crippen molar-refractivity contribution in [1.82, 2.24) is 10.2 Å². The highest BCUT2D eigenvalue weighted by Gasteiger charge is 2.23. The Balaban J connectivity index is 1.46. The summed E-state index contributed by atoms with van der Waals surface area (Å²) in [6.45, 7) is 4.85. The van der Waals surface area contributed by atoms with Crippen LogP contribution in [-0.4, -0.2) is 36.6 Å². The number of aryl methyl sites for hydroxylation is 1. The minimum atomic E-state index is -0.121. The molecule has 1 fully saturated rings. The van der Waals surface area contributed by atoms with E-state index in [4.69, 9.17) is 4.74 Å². The Kier molecular flexibility index (Phi) is 7.33. The lowest BCUT2D eigenvalue weighted by Crippen LogP contribution is -2.41. The summed E-state index contributed by atoms with van der Waals surface area (Å²) in [5.41, 5.74) is 2.33. The number of carbonyl (C=O) groups is 1. The molecule has 1 amide bonds. The number of carbonyl (C=O) groups excluding carboxylic acids is 1. The van der Waals surface area contributed by atoms with Crippen molar-refractivity contribution in [3.8, 4) is 0 Å². The van der Waals surface area contributed by atoms with Crippen molar-refractivity contribution in [3.63, 3.8) is 0 Å². The lowest BCUT2D eigenvalue weighted by atomic mass is 10.0. The van der Waals surface area contributed by atoms with Gasteiger partial charge in [0.15, 0.2) is 0 Å². The Morgan fingerprint density at radius 3 is 2.63 bits per heavy atom. The number of hydrogen-bond acceptors (Lipinski definition) is 5. The highest BCUT2D eigenvalue weighted by Crippen LogP contribution is 2.26. The predicted molar refractivity (Wildman–Crippen MR) is 124 cm³/mol. The first kappa shape index (κ1) is 21.2. The zero-order chi connectivity index (χ0) is 20.8. The fraction of sp³-hybridized carbons (Fsp3) is 0.375. The molecule has 0 spiro atoms. The number of ether oxygens (including phenoxy) is 1. The van der Waals surface area contributed by atoms with Gasteiger partial charge in [-0.1, -0.05) is 42.0 Å². The Hall–Kier alpha value is -1.99. The largest absolute Gasteiger partial charge is 0.377 e. The van der Waals surface area contributed by atoms with E-state index in [2.05, 4.69) is 70.4 Å². The van der Waals surface area contributed by atoms with Crippen LogP contribution in [0.1, 0.15) is 39.8 Å². The second-order valence-electron chi connectivity index (χ2n) is 7.81. The molecular weight excluding hydrogens is 412 g/mol. The van der Waals surface area contributed by atoms with Crippen molar-refractivity contribution in [2.24, 2.45) is 0 Å². The van der Waals surface area contributed by atoms with E-state index in [0.717, 1.165) is 43.0 Å². The molecule has 1 aliphatic rings. The van der Waals surface area contributed by atoms with Crippen molar-refractivity contribution in [1.29, 1.82) is 0 Å². The van der Waals surface area contributed by atoms with Gasteiger partial charge in [-0.15, -0.1) is 22.7 Å². The summed E-state index contributed by atoms with van der Waals surface area (Å²) in [5, 5.41) is 7.43. The van der Waals surface area contributed by atoms with Crippen LogP contribution in [0.3, 0.4) is 0 Å². The summed E-state index contributed by atoms with van der Waals surface area (Å²) in [6.07, 6.45) is 2.41. The second kappa shape index (κ2) is 10.4. The minimum absolute atomic E-state index is 0.0449. The molecule has 0 bridgehead atoms. The smallest absolute Gasteiger partial charge is 0.234 e. The van der Waals surface area contributed by atoms with Crippen LogP contribution in [0.15, 0.2) is 59.3 Å². The van der Waals surface area contributed by atoms with Crippen molar-refractivity contribution in [3.05, 3.63) is 80.2 Å². The van der Waals surface area contributed by atoms with Crippen LogP contribution in [0.25, 0.3) is 0 Å². The molecule has 1 aromatic carbocycles. The van der Waals surface area contributed by atoms with Crippen molar-refractivity contribution in [2.75, 3.05) is 19.7 Å². The van der Waals surface area contributed by atoms with E-state index in [9.17, 15) is 4.79 Å². The first-order chi connectivity index (χ1) is 14.7. The Bertz CT molecular complexity index is 901. The number of benzene rings is 1. The van der Waals surface area contributed by atoms with E-state index in [1.807, 2.05) is 6.07 Å². The number of rotatable bonds is 9. The molecule has 0 unspecified atom stereocenters. The average Bonchev–Trinajstić information content (AvgIpc) is 3.51. The van der Waals surface area contributed by atoms with Crippen molar-refractivity contribution >= 4 is 28.6 Å². The summed E-state index contributed by atoms with van der Waals surface area (Å²) in [4.78, 5) is 17.8. The van der Waals surface area contributed by atoms with Gasteiger partial charge in [0.1, 0.15) is 0 Å². The molecule has 2 aromatic heterocycles. The molecule has 3 aromatic rings. The van der Waals surface area contributed by atoms with Crippen LogP contribution in [0.2, 0.25) is 0 Å². The van der Waals surface area contributed by atoms with Crippen LogP contribution in [0, 0.1) is 6.92 Å². The molecule has 0 aliphatic carbocycles. The molecule has 0 radical (unpaired) electrons. The zero-order valence-electron chi connectivity index (χ0n) is 17.3.